The van der Waals surface area contributed by atoms with Crippen molar-refractivity contribution in [2.24, 2.45) is 11.8 Å². The molecule has 4 atom stereocenters. The molecule has 4 rings (SSSR count). The Morgan fingerprint density at radius 1 is 0.962 bits per heavy atom. The van der Waals surface area contributed by atoms with Gasteiger partial charge in [-0.25, -0.2) is 8.42 Å². The van der Waals surface area contributed by atoms with Crippen molar-refractivity contribution in [2.75, 3.05) is 25.0 Å². The summed E-state index contributed by atoms with van der Waals surface area (Å²) in [5.41, 5.74) is 2.35. The first-order chi connectivity index (χ1) is 12.4. The van der Waals surface area contributed by atoms with Crippen molar-refractivity contribution in [1.82, 2.24) is 5.32 Å². The molecule has 0 radical (unpaired) electrons. The highest BCUT2D eigenvalue weighted by Gasteiger charge is 2.44. The van der Waals surface area contributed by atoms with E-state index in [1.165, 1.54) is 11.3 Å². The highest BCUT2D eigenvalue weighted by Crippen LogP contribution is 2.48. The summed E-state index contributed by atoms with van der Waals surface area (Å²) in [7, 11) is -1.35. The predicted octanol–water partition coefficient (Wildman–Crippen LogP) is 3.30. The van der Waals surface area contributed by atoms with Crippen LogP contribution in [0.2, 0.25) is 0 Å². The molecule has 2 aromatic carbocycles. The SMILES string of the molecule is CC1CNCC(C)[C@@H]2[C@@H]1c1cc(S(=O)(=O)c3ccccc3)ccc1N2C. The molecule has 0 amide bonds. The fourth-order valence-electron chi connectivity index (χ4n) is 4.77. The van der Waals surface area contributed by atoms with Crippen molar-refractivity contribution in [3.63, 3.8) is 0 Å². The van der Waals surface area contributed by atoms with E-state index < -0.39 is 9.84 Å². The number of rotatable bonds is 2. The zero-order valence-corrected chi connectivity index (χ0v) is 16.3. The van der Waals surface area contributed by atoms with Crippen LogP contribution < -0.4 is 10.2 Å². The van der Waals surface area contributed by atoms with Crippen LogP contribution in [-0.2, 0) is 9.84 Å². The fraction of sp³-hybridized carbons (Fsp3) is 0.429. The van der Waals surface area contributed by atoms with Gasteiger partial charge < -0.3 is 10.2 Å². The lowest BCUT2D eigenvalue weighted by Gasteiger charge is -2.32. The van der Waals surface area contributed by atoms with Crippen LogP contribution in [0.15, 0.2) is 58.3 Å². The standard InChI is InChI=1S/C21H26N2O2S/c1-14-12-22-13-15(2)21-20(14)18-11-17(9-10-19(18)23(21)3)26(24,25)16-7-5-4-6-8-16/h4-11,14-15,20-22H,12-13H2,1-3H3/t14?,15?,20-,21+/m0/s1. The van der Waals surface area contributed by atoms with Gasteiger partial charge in [-0.05, 0) is 60.8 Å². The highest BCUT2D eigenvalue weighted by atomic mass is 32.2. The molecule has 2 unspecified atom stereocenters. The van der Waals surface area contributed by atoms with E-state index in [9.17, 15) is 8.42 Å². The first-order valence-electron chi connectivity index (χ1n) is 9.29. The Bertz CT molecular complexity index is 911. The van der Waals surface area contributed by atoms with Crippen LogP contribution in [0, 0.1) is 11.8 Å². The lowest BCUT2D eigenvalue weighted by Crippen LogP contribution is -2.39. The molecule has 2 aliphatic rings. The van der Waals surface area contributed by atoms with Crippen molar-refractivity contribution in [3.8, 4) is 0 Å². The van der Waals surface area contributed by atoms with Crippen LogP contribution in [0.25, 0.3) is 0 Å². The van der Waals surface area contributed by atoms with Crippen LogP contribution in [0.1, 0.15) is 25.3 Å². The van der Waals surface area contributed by atoms with Crippen molar-refractivity contribution in [2.45, 2.75) is 35.6 Å². The average molecular weight is 371 g/mol. The van der Waals surface area contributed by atoms with Gasteiger partial charge in [0.25, 0.3) is 0 Å². The van der Waals surface area contributed by atoms with Crippen molar-refractivity contribution >= 4 is 15.5 Å². The average Bonchev–Trinajstić information content (AvgIpc) is 2.85. The Morgan fingerprint density at radius 2 is 1.65 bits per heavy atom. The topological polar surface area (TPSA) is 49.4 Å². The lowest BCUT2D eigenvalue weighted by atomic mass is 9.80. The molecule has 0 bridgehead atoms. The molecule has 2 heterocycles. The Labute approximate surface area is 156 Å². The summed E-state index contributed by atoms with van der Waals surface area (Å²) in [6, 6.07) is 14.8. The predicted molar refractivity (Wildman–Crippen MR) is 104 cm³/mol. The highest BCUT2D eigenvalue weighted by molar-refractivity contribution is 7.91. The van der Waals surface area contributed by atoms with Gasteiger partial charge in [-0.2, -0.15) is 0 Å². The van der Waals surface area contributed by atoms with Crippen molar-refractivity contribution in [3.05, 3.63) is 54.1 Å². The first-order valence-corrected chi connectivity index (χ1v) is 10.8. The second-order valence-electron chi connectivity index (χ2n) is 7.78. The number of anilines is 1. The van der Waals surface area contributed by atoms with E-state index in [4.69, 9.17) is 0 Å². The zero-order chi connectivity index (χ0) is 18.5. The smallest absolute Gasteiger partial charge is 0.206 e. The van der Waals surface area contributed by atoms with Gasteiger partial charge in [0, 0.05) is 24.7 Å². The summed E-state index contributed by atoms with van der Waals surface area (Å²) >= 11 is 0. The largest absolute Gasteiger partial charge is 0.370 e. The number of fused-ring (bicyclic) bond motifs is 3. The van der Waals surface area contributed by atoms with Gasteiger partial charge in [0.05, 0.1) is 9.79 Å². The molecule has 0 saturated carbocycles. The van der Waals surface area contributed by atoms with Gasteiger partial charge in [-0.3, -0.25) is 0 Å². The summed E-state index contributed by atoms with van der Waals surface area (Å²) in [5.74, 6) is 1.32. The minimum Gasteiger partial charge on any atom is -0.370 e. The molecule has 2 aromatic rings. The summed E-state index contributed by atoms with van der Waals surface area (Å²) in [5, 5.41) is 3.55. The second-order valence-corrected chi connectivity index (χ2v) is 9.73. The Kier molecular flexibility index (Phi) is 4.32. The Balaban J connectivity index is 1.82. The summed E-state index contributed by atoms with van der Waals surface area (Å²) in [6.45, 7) is 6.52. The van der Waals surface area contributed by atoms with Gasteiger partial charge in [0.1, 0.15) is 0 Å². The first kappa shape index (κ1) is 17.6. The molecule has 1 fully saturated rings. The molecule has 138 valence electrons. The number of benzene rings is 2. The van der Waals surface area contributed by atoms with Crippen LogP contribution in [0.3, 0.4) is 0 Å². The monoisotopic (exact) mass is 370 g/mol. The van der Waals surface area contributed by atoms with Crippen LogP contribution >= 0.6 is 0 Å². The quantitative estimate of drug-likeness (QED) is 0.881. The lowest BCUT2D eigenvalue weighted by molar-refractivity contribution is 0.374. The number of hydrogen-bond acceptors (Lipinski definition) is 4. The second kappa shape index (κ2) is 6.39. The van der Waals surface area contributed by atoms with Crippen molar-refractivity contribution in [1.29, 1.82) is 0 Å². The summed E-state index contributed by atoms with van der Waals surface area (Å²) in [4.78, 5) is 3.10. The molecular weight excluding hydrogens is 344 g/mol. The zero-order valence-electron chi connectivity index (χ0n) is 15.5. The minimum absolute atomic E-state index is 0.353. The van der Waals surface area contributed by atoms with Gasteiger partial charge in [-0.1, -0.05) is 32.0 Å². The van der Waals surface area contributed by atoms with E-state index in [0.717, 1.165) is 13.1 Å². The van der Waals surface area contributed by atoms with Crippen molar-refractivity contribution < 1.29 is 8.42 Å². The normalized spacial score (nSPS) is 28.3. The van der Waals surface area contributed by atoms with Crippen LogP contribution in [0.5, 0.6) is 0 Å². The third-order valence-corrected chi connectivity index (χ3v) is 7.81. The van der Waals surface area contributed by atoms with E-state index >= 15 is 0 Å². The van der Waals surface area contributed by atoms with Crippen LogP contribution in [-0.4, -0.2) is 34.6 Å². The fourth-order valence-corrected chi connectivity index (χ4v) is 6.09. The molecule has 0 aromatic heterocycles. The minimum atomic E-state index is -3.49. The van der Waals surface area contributed by atoms with Gasteiger partial charge in [0.15, 0.2) is 0 Å². The number of nitrogens with zero attached hydrogens (tertiary/aromatic N) is 1. The number of nitrogens with one attached hydrogen (secondary N) is 1. The maximum atomic E-state index is 13.1. The number of sulfone groups is 1. The molecule has 26 heavy (non-hydrogen) atoms. The maximum absolute atomic E-state index is 13.1. The molecular formula is C21H26N2O2S. The van der Waals surface area contributed by atoms with E-state index in [0.29, 0.717) is 33.6 Å². The molecule has 1 N–H and O–H groups in total. The van der Waals surface area contributed by atoms with Crippen LogP contribution in [0.4, 0.5) is 5.69 Å². The maximum Gasteiger partial charge on any atom is 0.206 e. The number of hydrogen-bond donors (Lipinski definition) is 1. The summed E-state index contributed by atoms with van der Waals surface area (Å²) < 4.78 is 26.1. The number of likely N-dealkylation sites (N-methyl/N-ethyl adjacent to an activating group) is 1. The molecule has 4 nitrogen and oxygen atoms in total. The molecule has 0 aliphatic carbocycles. The third kappa shape index (κ3) is 2.65. The summed E-state index contributed by atoms with van der Waals surface area (Å²) in [6.07, 6.45) is 0. The Hall–Kier alpha value is -1.85. The van der Waals surface area contributed by atoms with E-state index in [1.54, 1.807) is 30.3 Å². The van der Waals surface area contributed by atoms with Gasteiger partial charge in [-0.15, -0.1) is 0 Å². The molecule has 0 spiro atoms. The van der Waals surface area contributed by atoms with Gasteiger partial charge >= 0.3 is 0 Å². The van der Waals surface area contributed by atoms with Gasteiger partial charge in [0.2, 0.25) is 9.84 Å². The van der Waals surface area contributed by atoms with E-state index in [-0.39, 0.29) is 0 Å². The molecule has 5 heteroatoms. The third-order valence-electron chi connectivity index (χ3n) is 6.05. The Morgan fingerprint density at radius 3 is 2.38 bits per heavy atom. The van der Waals surface area contributed by atoms with E-state index in [1.807, 2.05) is 18.2 Å². The molecule has 1 saturated heterocycles. The van der Waals surface area contributed by atoms with E-state index in [2.05, 4.69) is 31.1 Å². The molecule has 2 aliphatic heterocycles.